The van der Waals surface area contributed by atoms with E-state index < -0.39 is 33.4 Å². The van der Waals surface area contributed by atoms with Gasteiger partial charge in [-0.15, -0.1) is 0 Å². The second-order valence-electron chi connectivity index (χ2n) is 8.32. The van der Waals surface area contributed by atoms with Crippen LogP contribution in [0.1, 0.15) is 30.4 Å². The van der Waals surface area contributed by atoms with Crippen LogP contribution in [0, 0.1) is 6.92 Å². The molecule has 2 aliphatic rings. The number of hydrogen-bond acceptors (Lipinski definition) is 6. The van der Waals surface area contributed by atoms with Gasteiger partial charge in [0.1, 0.15) is 11.7 Å². The summed E-state index contributed by atoms with van der Waals surface area (Å²) in [6.07, 6.45) is -2.60. The Bertz CT molecular complexity index is 1080. The number of nitrogens with one attached hydrogen (secondary N) is 1. The zero-order chi connectivity index (χ0) is 23.6. The lowest BCUT2D eigenvalue weighted by molar-refractivity contribution is -0.139. The van der Waals surface area contributed by atoms with E-state index >= 15 is 0 Å². The van der Waals surface area contributed by atoms with Crippen molar-refractivity contribution < 1.29 is 26.9 Å². The third-order valence-corrected chi connectivity index (χ3v) is 7.98. The third kappa shape index (κ3) is 5.59. The van der Waals surface area contributed by atoms with Crippen molar-refractivity contribution in [1.29, 1.82) is 0 Å². The van der Waals surface area contributed by atoms with Crippen molar-refractivity contribution >= 4 is 21.5 Å². The molecule has 1 aromatic carbocycles. The van der Waals surface area contributed by atoms with Gasteiger partial charge < -0.3 is 14.8 Å². The predicted octanol–water partition coefficient (Wildman–Crippen LogP) is 3.54. The largest absolute Gasteiger partial charge is 0.471 e. The average Bonchev–Trinajstić information content (AvgIpc) is 3.26. The van der Waals surface area contributed by atoms with Crippen molar-refractivity contribution in [1.82, 2.24) is 14.3 Å². The topological polar surface area (TPSA) is 76.6 Å². The number of aromatic nitrogens is 2. The van der Waals surface area contributed by atoms with Gasteiger partial charge in [0.15, 0.2) is 0 Å². The van der Waals surface area contributed by atoms with Crippen molar-refractivity contribution in [2.24, 2.45) is 0 Å². The zero-order valence-electron chi connectivity index (χ0n) is 18.3. The number of ether oxygens (including phenoxy) is 2. The molecule has 7 nitrogen and oxygen atoms in total. The summed E-state index contributed by atoms with van der Waals surface area (Å²) in [5.41, 5.74) is 0.00629. The van der Waals surface area contributed by atoms with Gasteiger partial charge in [-0.3, -0.25) is 0 Å². The van der Waals surface area contributed by atoms with Crippen LogP contribution >= 0.6 is 0 Å². The lowest BCUT2D eigenvalue weighted by Crippen LogP contribution is -2.42. The van der Waals surface area contributed by atoms with Gasteiger partial charge in [-0.2, -0.15) is 18.2 Å². The molecule has 0 spiro atoms. The molecule has 0 amide bonds. The molecule has 0 saturated carbocycles. The SMILES string of the molecule is C=S(=O)(c1cccc(C)c1)N1CCC(Nc2ncc(C(F)(F)F)c(OC3CCOC3)n2)CC1. The first kappa shape index (κ1) is 23.8. The van der Waals surface area contributed by atoms with E-state index in [-0.39, 0.29) is 18.6 Å². The van der Waals surface area contributed by atoms with Crippen LogP contribution in [-0.2, 0) is 20.6 Å². The van der Waals surface area contributed by atoms with Crippen LogP contribution in [0.3, 0.4) is 0 Å². The normalized spacial score (nSPS) is 22.1. The molecule has 2 unspecified atom stereocenters. The Balaban J connectivity index is 1.42. The van der Waals surface area contributed by atoms with Crippen molar-refractivity contribution in [2.45, 2.75) is 49.4 Å². The minimum absolute atomic E-state index is 0.0735. The van der Waals surface area contributed by atoms with E-state index in [1.54, 1.807) is 0 Å². The fraction of sp³-hybridized carbons (Fsp3) is 0.500. The van der Waals surface area contributed by atoms with Crippen LogP contribution in [0.2, 0.25) is 0 Å². The maximum Gasteiger partial charge on any atom is 0.423 e. The molecule has 180 valence electrons. The fourth-order valence-electron chi connectivity index (χ4n) is 3.92. The van der Waals surface area contributed by atoms with Crippen LogP contribution in [0.25, 0.3) is 0 Å². The van der Waals surface area contributed by atoms with Gasteiger partial charge in [-0.05, 0) is 43.3 Å². The Labute approximate surface area is 191 Å². The summed E-state index contributed by atoms with van der Waals surface area (Å²) < 4.78 is 66.0. The zero-order valence-corrected chi connectivity index (χ0v) is 19.1. The highest BCUT2D eigenvalue weighted by Gasteiger charge is 2.37. The maximum atomic E-state index is 13.4. The van der Waals surface area contributed by atoms with E-state index in [0.29, 0.717) is 43.9 Å². The second kappa shape index (κ2) is 9.47. The standard InChI is InChI=1S/C22H27F3N4O3S/c1-15-4-3-5-18(12-15)33(2,30)29-9-6-16(7-10-29)27-21-26-13-19(22(23,24)25)20(28-21)32-17-8-11-31-14-17/h3-5,12-13,16-17H,2,6-11,14H2,1H3,(H,26,27,28). The smallest absolute Gasteiger partial charge is 0.423 e. The summed E-state index contributed by atoms with van der Waals surface area (Å²) in [7, 11) is -2.61. The molecule has 2 aliphatic heterocycles. The second-order valence-corrected chi connectivity index (χ2v) is 10.6. The molecule has 0 aliphatic carbocycles. The molecule has 2 atom stereocenters. The van der Waals surface area contributed by atoms with Crippen LogP contribution in [-0.4, -0.2) is 62.8 Å². The molecule has 2 aromatic rings. The fourth-order valence-corrected chi connectivity index (χ4v) is 5.68. The highest BCUT2D eigenvalue weighted by atomic mass is 32.2. The van der Waals surface area contributed by atoms with Gasteiger partial charge in [-0.1, -0.05) is 12.1 Å². The molecule has 3 heterocycles. The molecule has 0 radical (unpaired) electrons. The first-order chi connectivity index (χ1) is 15.6. The van der Waals surface area contributed by atoms with E-state index in [9.17, 15) is 17.4 Å². The number of rotatable bonds is 6. The molecule has 4 rings (SSSR count). The molecule has 2 saturated heterocycles. The van der Waals surface area contributed by atoms with Crippen LogP contribution in [0.4, 0.5) is 19.1 Å². The van der Waals surface area contributed by atoms with Crippen molar-refractivity contribution in [3.63, 3.8) is 0 Å². The predicted molar refractivity (Wildman–Crippen MR) is 120 cm³/mol. The minimum atomic E-state index is -4.62. The third-order valence-electron chi connectivity index (χ3n) is 5.79. The van der Waals surface area contributed by atoms with Gasteiger partial charge in [0.2, 0.25) is 11.8 Å². The molecular formula is C22H27F3N4O3S. The maximum absolute atomic E-state index is 13.4. The first-order valence-corrected chi connectivity index (χ1v) is 12.5. The highest BCUT2D eigenvalue weighted by molar-refractivity contribution is 7.98. The number of benzene rings is 1. The Morgan fingerprint density at radius 2 is 2.03 bits per heavy atom. The lowest BCUT2D eigenvalue weighted by Gasteiger charge is -2.34. The summed E-state index contributed by atoms with van der Waals surface area (Å²) in [4.78, 5) is 8.58. The van der Waals surface area contributed by atoms with Crippen LogP contribution in [0.5, 0.6) is 5.88 Å². The average molecular weight is 485 g/mol. The Morgan fingerprint density at radius 1 is 1.27 bits per heavy atom. The quantitative estimate of drug-likeness (QED) is 0.633. The molecule has 1 N–H and O–H groups in total. The van der Waals surface area contributed by atoms with Gasteiger partial charge in [0.05, 0.1) is 22.9 Å². The minimum Gasteiger partial charge on any atom is -0.471 e. The summed E-state index contributed by atoms with van der Waals surface area (Å²) >= 11 is 0. The molecule has 33 heavy (non-hydrogen) atoms. The van der Waals surface area contributed by atoms with E-state index in [0.717, 1.165) is 11.8 Å². The van der Waals surface area contributed by atoms with Crippen molar-refractivity contribution in [3.05, 3.63) is 41.6 Å². The summed E-state index contributed by atoms with van der Waals surface area (Å²) in [6, 6.07) is 7.43. The Morgan fingerprint density at radius 3 is 2.67 bits per heavy atom. The molecule has 11 heteroatoms. The van der Waals surface area contributed by atoms with Crippen molar-refractivity contribution in [2.75, 3.05) is 31.6 Å². The van der Waals surface area contributed by atoms with Crippen LogP contribution in [0.15, 0.2) is 35.4 Å². The summed E-state index contributed by atoms with van der Waals surface area (Å²) in [6.45, 7) is 3.66. The lowest BCUT2D eigenvalue weighted by atomic mass is 10.1. The number of hydrogen-bond donors (Lipinski definition) is 1. The van der Waals surface area contributed by atoms with Crippen LogP contribution < -0.4 is 10.1 Å². The van der Waals surface area contributed by atoms with E-state index in [1.807, 2.05) is 35.5 Å². The van der Waals surface area contributed by atoms with Gasteiger partial charge in [0.25, 0.3) is 0 Å². The van der Waals surface area contributed by atoms with Gasteiger partial charge >= 0.3 is 6.18 Å². The monoisotopic (exact) mass is 484 g/mol. The number of anilines is 1. The number of piperidine rings is 1. The molecular weight excluding hydrogens is 457 g/mol. The Hall–Kier alpha value is -2.37. The number of halogens is 3. The van der Waals surface area contributed by atoms with E-state index in [2.05, 4.69) is 21.2 Å². The molecule has 2 fully saturated rings. The Kier molecular flexibility index (Phi) is 6.83. The van der Waals surface area contributed by atoms with Gasteiger partial charge in [0, 0.05) is 36.6 Å². The number of aryl methyl sites for hydroxylation is 1. The first-order valence-electron chi connectivity index (χ1n) is 10.8. The number of alkyl halides is 3. The van der Waals surface area contributed by atoms with Crippen molar-refractivity contribution in [3.8, 4) is 5.88 Å². The molecule has 1 aromatic heterocycles. The van der Waals surface area contributed by atoms with Gasteiger partial charge in [-0.25, -0.2) is 13.5 Å². The van der Waals surface area contributed by atoms with E-state index in [1.165, 1.54) is 0 Å². The summed E-state index contributed by atoms with van der Waals surface area (Å²) in [5, 5.41) is 3.11. The molecule has 0 bridgehead atoms. The van der Waals surface area contributed by atoms with E-state index in [4.69, 9.17) is 9.47 Å². The number of nitrogens with zero attached hydrogens (tertiary/aromatic N) is 3. The highest BCUT2D eigenvalue weighted by Crippen LogP contribution is 2.36. The summed E-state index contributed by atoms with van der Waals surface area (Å²) in [5.74, 6) is 3.56.